The van der Waals surface area contributed by atoms with E-state index in [2.05, 4.69) is 10.6 Å². The van der Waals surface area contributed by atoms with Gasteiger partial charge in [-0.2, -0.15) is 0 Å². The lowest BCUT2D eigenvalue weighted by Crippen LogP contribution is -2.26. The first kappa shape index (κ1) is 14.6. The van der Waals surface area contributed by atoms with Gasteiger partial charge in [-0.15, -0.1) is 0 Å². The summed E-state index contributed by atoms with van der Waals surface area (Å²) < 4.78 is 5.21. The van der Waals surface area contributed by atoms with Gasteiger partial charge in [-0.25, -0.2) is 0 Å². The molecular formula is C14H15N3O4. The minimum Gasteiger partial charge on any atom is -0.467 e. The number of nitro benzene ring substituents is 1. The number of rotatable bonds is 5. The molecule has 7 nitrogen and oxygen atoms in total. The molecule has 0 aliphatic carbocycles. The van der Waals surface area contributed by atoms with Crippen LogP contribution in [0.25, 0.3) is 0 Å². The number of nitrogens with one attached hydrogen (secondary N) is 2. The fourth-order valence-corrected chi connectivity index (χ4v) is 1.93. The molecule has 2 aromatic rings. The van der Waals surface area contributed by atoms with Crippen LogP contribution >= 0.6 is 0 Å². The van der Waals surface area contributed by atoms with Gasteiger partial charge in [0, 0.05) is 18.7 Å². The lowest BCUT2D eigenvalue weighted by Gasteiger charge is -2.12. The summed E-state index contributed by atoms with van der Waals surface area (Å²) in [4.78, 5) is 22.5. The van der Waals surface area contributed by atoms with Crippen LogP contribution in [-0.4, -0.2) is 17.9 Å². The normalized spacial score (nSPS) is 11.7. The van der Waals surface area contributed by atoms with Crippen molar-refractivity contribution in [3.8, 4) is 0 Å². The summed E-state index contributed by atoms with van der Waals surface area (Å²) in [6.45, 7) is 1.79. The first-order valence-corrected chi connectivity index (χ1v) is 6.33. The number of hydrogen-bond acceptors (Lipinski definition) is 5. The summed E-state index contributed by atoms with van der Waals surface area (Å²) in [6, 6.07) is 7.38. The molecule has 110 valence electrons. The summed E-state index contributed by atoms with van der Waals surface area (Å²) in [5.41, 5.74) is 0.551. The van der Waals surface area contributed by atoms with E-state index in [1.54, 1.807) is 26.1 Å². The van der Waals surface area contributed by atoms with E-state index in [0.29, 0.717) is 17.0 Å². The zero-order valence-electron chi connectivity index (χ0n) is 11.6. The number of nitrogens with zero attached hydrogens (tertiary/aromatic N) is 1. The Morgan fingerprint density at radius 1 is 1.38 bits per heavy atom. The van der Waals surface area contributed by atoms with Crippen molar-refractivity contribution in [2.75, 3.05) is 12.4 Å². The predicted octanol–water partition coefficient (Wildman–Crippen LogP) is 2.72. The summed E-state index contributed by atoms with van der Waals surface area (Å²) in [5.74, 6) is 0.310. The number of benzene rings is 1. The Kier molecular flexibility index (Phi) is 4.22. The predicted molar refractivity (Wildman–Crippen MR) is 77.2 cm³/mol. The molecule has 7 heteroatoms. The van der Waals surface area contributed by atoms with Gasteiger partial charge in [0.2, 0.25) is 0 Å². The molecule has 1 heterocycles. The first-order valence-electron chi connectivity index (χ1n) is 6.33. The van der Waals surface area contributed by atoms with Crippen LogP contribution in [0.15, 0.2) is 41.0 Å². The number of carbonyl (C=O) groups excluding carboxylic acids is 1. The van der Waals surface area contributed by atoms with Gasteiger partial charge in [0.1, 0.15) is 11.4 Å². The van der Waals surface area contributed by atoms with Gasteiger partial charge in [0.05, 0.1) is 17.2 Å². The molecule has 21 heavy (non-hydrogen) atoms. The van der Waals surface area contributed by atoms with Gasteiger partial charge in [-0.3, -0.25) is 14.9 Å². The smallest absolute Gasteiger partial charge is 0.292 e. The van der Waals surface area contributed by atoms with Crippen molar-refractivity contribution in [2.24, 2.45) is 0 Å². The van der Waals surface area contributed by atoms with E-state index in [9.17, 15) is 14.9 Å². The molecule has 2 N–H and O–H groups in total. The second-order valence-corrected chi connectivity index (χ2v) is 4.45. The van der Waals surface area contributed by atoms with Crippen molar-refractivity contribution < 1.29 is 14.1 Å². The molecule has 0 aliphatic heterocycles. The maximum atomic E-state index is 12.1. The van der Waals surface area contributed by atoms with E-state index in [4.69, 9.17) is 4.42 Å². The Bertz CT molecular complexity index is 652. The van der Waals surface area contributed by atoms with Crippen molar-refractivity contribution in [3.63, 3.8) is 0 Å². The monoisotopic (exact) mass is 289 g/mol. The van der Waals surface area contributed by atoms with Crippen LogP contribution in [0.1, 0.15) is 29.1 Å². The number of carbonyl (C=O) groups is 1. The summed E-state index contributed by atoms with van der Waals surface area (Å²) >= 11 is 0. The Labute approximate surface area is 121 Å². The Morgan fingerprint density at radius 3 is 2.71 bits per heavy atom. The van der Waals surface area contributed by atoms with Gasteiger partial charge in [-0.05, 0) is 31.2 Å². The lowest BCUT2D eigenvalue weighted by molar-refractivity contribution is -0.383. The number of hydrogen-bond donors (Lipinski definition) is 2. The van der Waals surface area contributed by atoms with E-state index in [0.717, 1.165) is 0 Å². The number of anilines is 1. The third kappa shape index (κ3) is 3.19. The first-order chi connectivity index (χ1) is 10.0. The average molecular weight is 289 g/mol. The van der Waals surface area contributed by atoms with Crippen molar-refractivity contribution in [2.45, 2.75) is 13.0 Å². The van der Waals surface area contributed by atoms with Crippen LogP contribution in [0, 0.1) is 10.1 Å². The SMILES string of the molecule is CNc1cc(C(=O)NC(C)c2ccco2)ccc1[N+](=O)[O-]. The number of furan rings is 1. The van der Waals surface area contributed by atoms with E-state index in [-0.39, 0.29) is 17.6 Å². The van der Waals surface area contributed by atoms with Gasteiger partial charge in [-0.1, -0.05) is 0 Å². The van der Waals surface area contributed by atoms with Crippen LogP contribution in [-0.2, 0) is 0 Å². The molecule has 1 unspecified atom stereocenters. The molecule has 1 amide bonds. The van der Waals surface area contributed by atoms with Gasteiger partial charge >= 0.3 is 0 Å². The molecule has 1 aromatic heterocycles. The minimum absolute atomic E-state index is 0.0758. The standard InChI is InChI=1S/C14H15N3O4/c1-9(13-4-3-7-21-13)16-14(18)10-5-6-12(17(19)20)11(8-10)15-2/h3-9,15H,1-2H3,(H,16,18). The van der Waals surface area contributed by atoms with E-state index in [1.807, 2.05) is 0 Å². The zero-order chi connectivity index (χ0) is 15.4. The highest BCUT2D eigenvalue weighted by Gasteiger charge is 2.18. The molecule has 2 rings (SSSR count). The fraction of sp³-hybridized carbons (Fsp3) is 0.214. The maximum absolute atomic E-state index is 12.1. The number of nitro groups is 1. The molecule has 1 atom stereocenters. The highest BCUT2D eigenvalue weighted by Crippen LogP contribution is 2.25. The number of amides is 1. The highest BCUT2D eigenvalue weighted by molar-refractivity contribution is 5.96. The summed E-state index contributed by atoms with van der Waals surface area (Å²) in [5, 5.41) is 16.3. The Morgan fingerprint density at radius 2 is 2.14 bits per heavy atom. The fourth-order valence-electron chi connectivity index (χ4n) is 1.93. The highest BCUT2D eigenvalue weighted by atomic mass is 16.6. The van der Waals surface area contributed by atoms with Crippen molar-refractivity contribution in [1.29, 1.82) is 0 Å². The van der Waals surface area contributed by atoms with Crippen LogP contribution in [0.4, 0.5) is 11.4 Å². The van der Waals surface area contributed by atoms with Crippen LogP contribution in [0.3, 0.4) is 0 Å². The van der Waals surface area contributed by atoms with E-state index < -0.39 is 4.92 Å². The molecule has 0 radical (unpaired) electrons. The van der Waals surface area contributed by atoms with Crippen LogP contribution in [0.2, 0.25) is 0 Å². The Balaban J connectivity index is 2.18. The summed E-state index contributed by atoms with van der Waals surface area (Å²) in [7, 11) is 1.56. The van der Waals surface area contributed by atoms with E-state index in [1.165, 1.54) is 24.5 Å². The van der Waals surface area contributed by atoms with Gasteiger partial charge < -0.3 is 15.1 Å². The lowest BCUT2D eigenvalue weighted by atomic mass is 10.1. The second kappa shape index (κ2) is 6.08. The molecule has 0 saturated carbocycles. The van der Waals surface area contributed by atoms with Crippen molar-refractivity contribution in [1.82, 2.24) is 5.32 Å². The average Bonchev–Trinajstić information content (AvgIpc) is 3.00. The van der Waals surface area contributed by atoms with Crippen LogP contribution < -0.4 is 10.6 Å². The Hall–Kier alpha value is -2.83. The molecule has 0 aliphatic rings. The van der Waals surface area contributed by atoms with Crippen molar-refractivity contribution in [3.05, 3.63) is 58.0 Å². The minimum atomic E-state index is -0.501. The molecule has 0 bridgehead atoms. The quantitative estimate of drug-likeness (QED) is 0.651. The van der Waals surface area contributed by atoms with Gasteiger partial charge in [0.25, 0.3) is 11.6 Å². The van der Waals surface area contributed by atoms with Crippen molar-refractivity contribution >= 4 is 17.3 Å². The molecule has 0 saturated heterocycles. The third-order valence-electron chi connectivity index (χ3n) is 3.04. The third-order valence-corrected chi connectivity index (χ3v) is 3.04. The molecule has 0 fully saturated rings. The molecular weight excluding hydrogens is 274 g/mol. The van der Waals surface area contributed by atoms with E-state index >= 15 is 0 Å². The largest absolute Gasteiger partial charge is 0.467 e. The van der Waals surface area contributed by atoms with Crippen LogP contribution in [0.5, 0.6) is 0 Å². The molecule has 0 spiro atoms. The summed E-state index contributed by atoms with van der Waals surface area (Å²) in [6.07, 6.45) is 1.53. The zero-order valence-corrected chi connectivity index (χ0v) is 11.6. The maximum Gasteiger partial charge on any atom is 0.292 e. The second-order valence-electron chi connectivity index (χ2n) is 4.45. The molecule has 1 aromatic carbocycles. The topological polar surface area (TPSA) is 97.4 Å². The van der Waals surface area contributed by atoms with Gasteiger partial charge in [0.15, 0.2) is 0 Å².